The fourth-order valence-electron chi connectivity index (χ4n) is 1.22. The third-order valence-electron chi connectivity index (χ3n) is 2.29. The Bertz CT molecular complexity index is 421. The molecule has 0 amide bonds. The summed E-state index contributed by atoms with van der Waals surface area (Å²) < 4.78 is 0.745. The molecular weight excluding hydrogens is 339 g/mol. The van der Waals surface area contributed by atoms with E-state index in [1.54, 1.807) is 19.1 Å². The van der Waals surface area contributed by atoms with Crippen molar-refractivity contribution in [2.75, 3.05) is 18.5 Å². The second-order valence-electron chi connectivity index (χ2n) is 3.92. The maximum absolute atomic E-state index is 10.9. The molecule has 3 N–H and O–H groups in total. The minimum Gasteiger partial charge on any atom is -0.394 e. The molecule has 0 heterocycles. The zero-order chi connectivity index (χ0) is 13.1. The molecule has 6 nitrogen and oxygen atoms in total. The van der Waals surface area contributed by atoms with Crippen molar-refractivity contribution in [3.63, 3.8) is 0 Å². The third-order valence-corrected chi connectivity index (χ3v) is 2.96. The summed E-state index contributed by atoms with van der Waals surface area (Å²) in [4.78, 5) is 10.4. The minimum atomic E-state index is -0.989. The summed E-state index contributed by atoms with van der Waals surface area (Å²) in [7, 11) is 0. The first-order chi connectivity index (χ1) is 7.91. The van der Waals surface area contributed by atoms with E-state index in [-0.39, 0.29) is 24.6 Å². The Labute approximate surface area is 112 Å². The van der Waals surface area contributed by atoms with Crippen molar-refractivity contribution >= 4 is 34.0 Å². The van der Waals surface area contributed by atoms with Crippen LogP contribution in [0.5, 0.6) is 0 Å². The average molecular weight is 352 g/mol. The molecule has 1 rings (SSSR count). The number of nitrogens with one attached hydrogen (secondary N) is 1. The number of hydrogen-bond donors (Lipinski definition) is 3. The van der Waals surface area contributed by atoms with E-state index in [4.69, 9.17) is 10.2 Å². The van der Waals surface area contributed by atoms with Crippen molar-refractivity contribution in [2.24, 2.45) is 0 Å². The Balaban J connectivity index is 3.10. The monoisotopic (exact) mass is 352 g/mol. The van der Waals surface area contributed by atoms with Gasteiger partial charge in [0, 0.05) is 9.64 Å². The van der Waals surface area contributed by atoms with Crippen LogP contribution in [-0.2, 0) is 0 Å². The number of hydrogen-bond acceptors (Lipinski definition) is 5. The normalized spacial score (nSPS) is 11.3. The number of aliphatic hydroxyl groups excluding tert-OH is 2. The van der Waals surface area contributed by atoms with Gasteiger partial charge in [-0.15, -0.1) is 0 Å². The largest absolute Gasteiger partial charge is 0.394 e. The van der Waals surface area contributed by atoms with Crippen molar-refractivity contribution in [1.29, 1.82) is 0 Å². The van der Waals surface area contributed by atoms with E-state index in [1.165, 1.54) is 6.07 Å². The quantitative estimate of drug-likeness (QED) is 0.423. The molecule has 0 saturated heterocycles. The fraction of sp³-hybridized carbons (Fsp3) is 0.400. The molecule has 17 heavy (non-hydrogen) atoms. The Kier molecular flexibility index (Phi) is 4.66. The lowest BCUT2D eigenvalue weighted by atomic mass is 10.0. The van der Waals surface area contributed by atoms with Gasteiger partial charge in [0.1, 0.15) is 5.69 Å². The molecule has 94 valence electrons. The van der Waals surface area contributed by atoms with Gasteiger partial charge in [-0.1, -0.05) is 0 Å². The van der Waals surface area contributed by atoms with Crippen LogP contribution in [0.3, 0.4) is 0 Å². The first kappa shape index (κ1) is 14.1. The van der Waals surface area contributed by atoms with Gasteiger partial charge in [0.15, 0.2) is 0 Å². The van der Waals surface area contributed by atoms with Crippen LogP contribution < -0.4 is 5.32 Å². The lowest BCUT2D eigenvalue weighted by molar-refractivity contribution is -0.384. The van der Waals surface area contributed by atoms with Gasteiger partial charge in [0.05, 0.1) is 23.7 Å². The summed E-state index contributed by atoms with van der Waals surface area (Å²) in [6, 6.07) is 4.70. The highest BCUT2D eigenvalue weighted by Gasteiger charge is 2.25. The molecule has 0 radical (unpaired) electrons. The van der Waals surface area contributed by atoms with E-state index in [1.807, 2.05) is 22.6 Å². The average Bonchev–Trinajstić information content (AvgIpc) is 2.31. The zero-order valence-electron chi connectivity index (χ0n) is 9.18. The molecule has 0 bridgehead atoms. The Morgan fingerprint density at radius 1 is 1.47 bits per heavy atom. The summed E-state index contributed by atoms with van der Waals surface area (Å²) in [5.41, 5.74) is -0.789. The molecule has 0 aromatic heterocycles. The zero-order valence-corrected chi connectivity index (χ0v) is 11.3. The van der Waals surface area contributed by atoms with E-state index in [9.17, 15) is 10.1 Å². The van der Waals surface area contributed by atoms with E-state index < -0.39 is 10.5 Å². The molecular formula is C10H13IN2O4. The number of nitrogens with zero attached hydrogens (tertiary/aromatic N) is 1. The highest BCUT2D eigenvalue weighted by Crippen LogP contribution is 2.28. The van der Waals surface area contributed by atoms with Crippen molar-refractivity contribution < 1.29 is 15.1 Å². The van der Waals surface area contributed by atoms with Gasteiger partial charge in [-0.2, -0.15) is 0 Å². The van der Waals surface area contributed by atoms with Crippen molar-refractivity contribution in [3.8, 4) is 0 Å². The first-order valence-electron chi connectivity index (χ1n) is 4.86. The number of aliphatic hydroxyl groups is 2. The van der Waals surface area contributed by atoms with Crippen molar-refractivity contribution in [1.82, 2.24) is 0 Å². The van der Waals surface area contributed by atoms with E-state index >= 15 is 0 Å². The van der Waals surface area contributed by atoms with Crippen LogP contribution in [0, 0.1) is 13.7 Å². The summed E-state index contributed by atoms with van der Waals surface area (Å²) >= 11 is 1.98. The predicted octanol–water partition coefficient (Wildman–Crippen LogP) is 1.35. The highest BCUT2D eigenvalue weighted by atomic mass is 127. The molecule has 1 aromatic rings. The van der Waals surface area contributed by atoms with E-state index in [0.29, 0.717) is 0 Å². The lowest BCUT2D eigenvalue weighted by Crippen LogP contribution is -2.42. The molecule has 0 atom stereocenters. The van der Waals surface area contributed by atoms with Gasteiger partial charge in [0.25, 0.3) is 5.69 Å². The van der Waals surface area contributed by atoms with Crippen LogP contribution in [0.4, 0.5) is 11.4 Å². The number of benzene rings is 1. The van der Waals surface area contributed by atoms with Crippen molar-refractivity contribution in [3.05, 3.63) is 31.9 Å². The number of rotatable bonds is 5. The van der Waals surface area contributed by atoms with Crippen molar-refractivity contribution in [2.45, 2.75) is 12.5 Å². The Hall–Kier alpha value is -0.930. The Morgan fingerprint density at radius 3 is 2.53 bits per heavy atom. The number of anilines is 1. The Morgan fingerprint density at radius 2 is 2.06 bits per heavy atom. The van der Waals surface area contributed by atoms with Gasteiger partial charge < -0.3 is 15.5 Å². The van der Waals surface area contributed by atoms with Gasteiger partial charge in [-0.05, 0) is 41.6 Å². The number of nitro groups is 1. The molecule has 7 heteroatoms. The summed E-state index contributed by atoms with van der Waals surface area (Å²) in [6.45, 7) is 0.925. The predicted molar refractivity (Wildman–Crippen MR) is 72.0 cm³/mol. The molecule has 0 aliphatic rings. The summed E-state index contributed by atoms with van der Waals surface area (Å²) in [5, 5.41) is 31.9. The van der Waals surface area contributed by atoms with E-state index in [2.05, 4.69) is 5.32 Å². The topological polar surface area (TPSA) is 95.6 Å². The standard InChI is InChI=1S/C10H13IN2O4/c1-10(5-14,6-15)12-8-3-2-7(11)4-9(8)13(16)17/h2-4,12,14-15H,5-6H2,1H3. The molecule has 0 unspecified atom stereocenters. The second-order valence-corrected chi connectivity index (χ2v) is 5.17. The summed E-state index contributed by atoms with van der Waals surface area (Å²) in [5.74, 6) is 0. The highest BCUT2D eigenvalue weighted by molar-refractivity contribution is 14.1. The van der Waals surface area contributed by atoms with Crippen LogP contribution in [0.25, 0.3) is 0 Å². The van der Waals surface area contributed by atoms with Crippen LogP contribution in [0.2, 0.25) is 0 Å². The van der Waals surface area contributed by atoms with Gasteiger partial charge in [0.2, 0.25) is 0 Å². The molecule has 1 aromatic carbocycles. The fourth-order valence-corrected chi connectivity index (χ4v) is 1.69. The van der Waals surface area contributed by atoms with Crippen LogP contribution in [0.1, 0.15) is 6.92 Å². The molecule has 0 saturated carbocycles. The first-order valence-corrected chi connectivity index (χ1v) is 5.93. The third kappa shape index (κ3) is 3.51. The SMILES string of the molecule is CC(CO)(CO)Nc1ccc(I)cc1[N+](=O)[O-]. The smallest absolute Gasteiger partial charge is 0.293 e. The van der Waals surface area contributed by atoms with Gasteiger partial charge >= 0.3 is 0 Å². The molecule has 0 aliphatic carbocycles. The maximum atomic E-state index is 10.9. The van der Waals surface area contributed by atoms with Crippen LogP contribution in [0.15, 0.2) is 18.2 Å². The van der Waals surface area contributed by atoms with Crippen LogP contribution in [-0.4, -0.2) is 33.9 Å². The minimum absolute atomic E-state index is 0.0787. The molecule has 0 aliphatic heterocycles. The summed E-state index contributed by atoms with van der Waals surface area (Å²) in [6.07, 6.45) is 0. The second kappa shape index (κ2) is 5.61. The molecule has 0 spiro atoms. The number of nitro benzene ring substituents is 1. The number of halogens is 1. The van der Waals surface area contributed by atoms with E-state index in [0.717, 1.165) is 3.57 Å². The van der Waals surface area contributed by atoms with Crippen LogP contribution >= 0.6 is 22.6 Å². The molecule has 0 fully saturated rings. The van der Waals surface area contributed by atoms with Gasteiger partial charge in [-0.3, -0.25) is 10.1 Å². The van der Waals surface area contributed by atoms with Gasteiger partial charge in [-0.25, -0.2) is 0 Å². The lowest BCUT2D eigenvalue weighted by Gasteiger charge is -2.27. The maximum Gasteiger partial charge on any atom is 0.293 e.